The number of carboxylic acids is 1. The van der Waals surface area contributed by atoms with Crippen molar-refractivity contribution in [3.05, 3.63) is 28.3 Å². The summed E-state index contributed by atoms with van der Waals surface area (Å²) in [4.78, 5) is 10.6. The molecule has 1 aromatic rings. The van der Waals surface area contributed by atoms with Crippen LogP contribution in [0.1, 0.15) is 28.7 Å². The molecule has 0 saturated carbocycles. The highest BCUT2D eigenvalue weighted by Crippen LogP contribution is 2.30. The molecule has 4 nitrogen and oxygen atoms in total. The molecule has 0 heterocycles. The van der Waals surface area contributed by atoms with E-state index in [2.05, 4.69) is 6.07 Å². The molecule has 100 valence electrons. The lowest BCUT2D eigenvalue weighted by atomic mass is 9.94. The van der Waals surface area contributed by atoms with Crippen molar-refractivity contribution in [3.63, 3.8) is 0 Å². The number of aliphatic carboxylic acids is 1. The van der Waals surface area contributed by atoms with Crippen LogP contribution >= 0.6 is 0 Å². The van der Waals surface area contributed by atoms with Crippen molar-refractivity contribution >= 4 is 5.97 Å². The first-order chi connectivity index (χ1) is 8.36. The number of rotatable bonds is 5. The Kier molecular flexibility index (Phi) is 4.73. The molecule has 0 aromatic heterocycles. The Balaban J connectivity index is 3.08. The molecule has 0 aliphatic heterocycles. The van der Waals surface area contributed by atoms with Gasteiger partial charge in [0.1, 0.15) is 5.75 Å². The summed E-state index contributed by atoms with van der Waals surface area (Å²) in [6.07, 6.45) is 0.484. The van der Waals surface area contributed by atoms with Crippen LogP contribution in [0.25, 0.3) is 0 Å². The Hall–Kier alpha value is -1.55. The fourth-order valence-corrected chi connectivity index (χ4v) is 2.19. The fourth-order valence-electron chi connectivity index (χ4n) is 2.19. The number of nitrogens with two attached hydrogens (primary N) is 1. The molecule has 1 unspecified atom stereocenters. The summed E-state index contributed by atoms with van der Waals surface area (Å²) >= 11 is 0. The summed E-state index contributed by atoms with van der Waals surface area (Å²) in [5.74, 6) is -0.0451. The van der Waals surface area contributed by atoms with Crippen molar-refractivity contribution in [2.75, 3.05) is 7.11 Å². The van der Waals surface area contributed by atoms with E-state index in [1.54, 1.807) is 7.11 Å². The van der Waals surface area contributed by atoms with E-state index < -0.39 is 12.0 Å². The standard InChI is InChI=1S/C14H21NO3/c1-8-5-9(2)12(14(18-4)10(8)3)6-11(15)7-13(16)17/h5,11H,6-7,15H2,1-4H3,(H,16,17). The van der Waals surface area contributed by atoms with E-state index in [0.29, 0.717) is 6.42 Å². The van der Waals surface area contributed by atoms with E-state index in [9.17, 15) is 4.79 Å². The van der Waals surface area contributed by atoms with Gasteiger partial charge >= 0.3 is 5.97 Å². The molecule has 1 atom stereocenters. The number of benzene rings is 1. The summed E-state index contributed by atoms with van der Waals surface area (Å²) in [5.41, 5.74) is 10.2. The molecule has 0 radical (unpaired) electrons. The van der Waals surface area contributed by atoms with Gasteiger partial charge in [0.15, 0.2) is 0 Å². The average molecular weight is 251 g/mol. The minimum atomic E-state index is -0.872. The number of ether oxygens (including phenoxy) is 1. The van der Waals surface area contributed by atoms with E-state index in [-0.39, 0.29) is 6.42 Å². The van der Waals surface area contributed by atoms with Gasteiger partial charge in [-0.3, -0.25) is 4.79 Å². The topological polar surface area (TPSA) is 72.5 Å². The number of carboxylic acid groups (broad SMARTS) is 1. The van der Waals surface area contributed by atoms with Gasteiger partial charge in [0.25, 0.3) is 0 Å². The third kappa shape index (κ3) is 3.23. The number of carbonyl (C=O) groups is 1. The van der Waals surface area contributed by atoms with Crippen molar-refractivity contribution in [1.82, 2.24) is 0 Å². The van der Waals surface area contributed by atoms with Crippen molar-refractivity contribution < 1.29 is 14.6 Å². The van der Waals surface area contributed by atoms with Crippen LogP contribution in [-0.2, 0) is 11.2 Å². The highest BCUT2D eigenvalue weighted by molar-refractivity contribution is 5.67. The Morgan fingerprint density at radius 1 is 1.39 bits per heavy atom. The second-order valence-corrected chi connectivity index (χ2v) is 4.71. The number of aryl methyl sites for hydroxylation is 2. The molecular weight excluding hydrogens is 230 g/mol. The molecular formula is C14H21NO3. The average Bonchev–Trinajstić information content (AvgIpc) is 2.25. The minimum absolute atomic E-state index is 0.0322. The highest BCUT2D eigenvalue weighted by atomic mass is 16.5. The lowest BCUT2D eigenvalue weighted by Gasteiger charge is -2.18. The fraction of sp³-hybridized carbons (Fsp3) is 0.500. The van der Waals surface area contributed by atoms with Gasteiger partial charge in [0, 0.05) is 6.04 Å². The first-order valence-corrected chi connectivity index (χ1v) is 5.97. The Morgan fingerprint density at radius 3 is 2.50 bits per heavy atom. The van der Waals surface area contributed by atoms with Crippen LogP contribution in [0.3, 0.4) is 0 Å². The van der Waals surface area contributed by atoms with Crippen LogP contribution < -0.4 is 10.5 Å². The third-order valence-electron chi connectivity index (χ3n) is 3.22. The Morgan fingerprint density at radius 2 is 2.00 bits per heavy atom. The molecule has 1 aromatic carbocycles. The van der Waals surface area contributed by atoms with Crippen LogP contribution in [0.15, 0.2) is 6.07 Å². The van der Waals surface area contributed by atoms with Crippen molar-refractivity contribution in [2.45, 2.75) is 39.7 Å². The predicted octanol–water partition coefficient (Wildman–Crippen LogP) is 1.96. The maximum Gasteiger partial charge on any atom is 0.304 e. The van der Waals surface area contributed by atoms with Crippen LogP contribution in [0, 0.1) is 20.8 Å². The van der Waals surface area contributed by atoms with Gasteiger partial charge in [0.2, 0.25) is 0 Å². The molecule has 0 amide bonds. The molecule has 0 aliphatic rings. The zero-order valence-corrected chi connectivity index (χ0v) is 11.4. The van der Waals surface area contributed by atoms with Gasteiger partial charge in [0.05, 0.1) is 13.5 Å². The molecule has 18 heavy (non-hydrogen) atoms. The van der Waals surface area contributed by atoms with Gasteiger partial charge in [-0.25, -0.2) is 0 Å². The molecule has 1 rings (SSSR count). The molecule has 0 fully saturated rings. The summed E-state index contributed by atoms with van der Waals surface area (Å²) < 4.78 is 5.44. The second-order valence-electron chi connectivity index (χ2n) is 4.71. The Labute approximate surface area is 108 Å². The molecule has 0 bridgehead atoms. The quantitative estimate of drug-likeness (QED) is 0.839. The number of hydrogen-bond donors (Lipinski definition) is 2. The summed E-state index contributed by atoms with van der Waals surface area (Å²) in [6.45, 7) is 6.03. The molecule has 0 aliphatic carbocycles. The summed E-state index contributed by atoms with van der Waals surface area (Å²) in [5, 5.41) is 8.75. The predicted molar refractivity (Wildman–Crippen MR) is 71.1 cm³/mol. The van der Waals surface area contributed by atoms with Crippen molar-refractivity contribution in [2.24, 2.45) is 5.73 Å². The highest BCUT2D eigenvalue weighted by Gasteiger charge is 2.16. The first kappa shape index (κ1) is 14.5. The SMILES string of the molecule is COc1c(C)c(C)cc(C)c1CC(N)CC(=O)O. The van der Waals surface area contributed by atoms with Crippen LogP contribution in [0.5, 0.6) is 5.75 Å². The van der Waals surface area contributed by atoms with E-state index >= 15 is 0 Å². The van der Waals surface area contributed by atoms with E-state index in [1.807, 2.05) is 20.8 Å². The van der Waals surface area contributed by atoms with E-state index in [1.165, 1.54) is 5.56 Å². The monoisotopic (exact) mass is 251 g/mol. The first-order valence-electron chi connectivity index (χ1n) is 5.97. The normalized spacial score (nSPS) is 12.3. The number of hydrogen-bond acceptors (Lipinski definition) is 3. The van der Waals surface area contributed by atoms with Gasteiger partial charge < -0.3 is 15.6 Å². The maximum atomic E-state index is 10.6. The van der Waals surface area contributed by atoms with Crippen LogP contribution in [0.2, 0.25) is 0 Å². The molecule has 0 saturated heterocycles. The zero-order valence-electron chi connectivity index (χ0n) is 11.4. The van der Waals surface area contributed by atoms with Crippen molar-refractivity contribution in [1.29, 1.82) is 0 Å². The zero-order chi connectivity index (χ0) is 13.9. The van der Waals surface area contributed by atoms with E-state index in [0.717, 1.165) is 22.4 Å². The maximum absolute atomic E-state index is 10.6. The lowest BCUT2D eigenvalue weighted by Crippen LogP contribution is -2.26. The summed E-state index contributed by atoms with van der Waals surface area (Å²) in [7, 11) is 1.63. The molecule has 4 heteroatoms. The summed E-state index contributed by atoms with van der Waals surface area (Å²) in [6, 6.07) is 1.69. The van der Waals surface area contributed by atoms with Crippen molar-refractivity contribution in [3.8, 4) is 5.75 Å². The second kappa shape index (κ2) is 5.87. The van der Waals surface area contributed by atoms with Gasteiger partial charge in [-0.2, -0.15) is 0 Å². The minimum Gasteiger partial charge on any atom is -0.496 e. The smallest absolute Gasteiger partial charge is 0.304 e. The molecule has 0 spiro atoms. The number of methoxy groups -OCH3 is 1. The lowest BCUT2D eigenvalue weighted by molar-refractivity contribution is -0.137. The van der Waals surface area contributed by atoms with Gasteiger partial charge in [-0.05, 0) is 49.4 Å². The Bertz CT molecular complexity index is 455. The van der Waals surface area contributed by atoms with Crippen LogP contribution in [-0.4, -0.2) is 24.2 Å². The molecule has 3 N–H and O–H groups in total. The third-order valence-corrected chi connectivity index (χ3v) is 3.22. The largest absolute Gasteiger partial charge is 0.496 e. The van der Waals surface area contributed by atoms with Gasteiger partial charge in [-0.1, -0.05) is 6.07 Å². The van der Waals surface area contributed by atoms with Gasteiger partial charge in [-0.15, -0.1) is 0 Å². The van der Waals surface area contributed by atoms with E-state index in [4.69, 9.17) is 15.6 Å². The van der Waals surface area contributed by atoms with Crippen LogP contribution in [0.4, 0.5) is 0 Å².